The van der Waals surface area contributed by atoms with Crippen molar-refractivity contribution in [2.75, 3.05) is 0 Å². The van der Waals surface area contributed by atoms with Crippen LogP contribution in [-0.2, 0) is 24.2 Å². The number of ether oxygens (including phenoxy) is 1. The van der Waals surface area contributed by atoms with Crippen LogP contribution in [0.1, 0.15) is 49.4 Å². The predicted octanol–water partition coefficient (Wildman–Crippen LogP) is 3.90. The summed E-state index contributed by atoms with van der Waals surface area (Å²) in [6.07, 6.45) is 1.34. The lowest BCUT2D eigenvalue weighted by molar-refractivity contribution is 0.0501. The van der Waals surface area contributed by atoms with Crippen LogP contribution in [0.4, 0.5) is 4.79 Å². The summed E-state index contributed by atoms with van der Waals surface area (Å²) in [5, 5.41) is 7.04. The molecule has 0 fully saturated rings. The van der Waals surface area contributed by atoms with Crippen molar-refractivity contribution < 1.29 is 14.1 Å². The third-order valence-electron chi connectivity index (χ3n) is 5.56. The Morgan fingerprint density at radius 1 is 0.973 bits per heavy atom. The number of benzene rings is 2. The normalized spacial score (nSPS) is 12.2. The van der Waals surface area contributed by atoms with Crippen molar-refractivity contribution in [3.8, 4) is 0 Å². The number of alkyl carbamates (subject to hydrolysis) is 1. The standard InChI is InChI=1S/C28H30N4O5/c1-28(2,3)36-26(34)29-23(16-20-10-6-4-7-11-20)24-17-22(37-30-24)19-31-15-14-25(33)32(27(31)35)18-21-12-8-5-9-13-21/h4-15,17,23H,16,18-19H2,1-3H3,(H,29,34)/t23-/m0/s1. The summed E-state index contributed by atoms with van der Waals surface area (Å²) in [5.41, 5.74) is 0.848. The molecule has 0 unspecified atom stereocenters. The van der Waals surface area contributed by atoms with E-state index in [2.05, 4.69) is 10.5 Å². The largest absolute Gasteiger partial charge is 0.444 e. The lowest BCUT2D eigenvalue weighted by Crippen LogP contribution is -2.39. The Morgan fingerprint density at radius 2 is 1.62 bits per heavy atom. The number of amides is 1. The SMILES string of the molecule is CC(C)(C)OC(=O)N[C@@H](Cc1ccccc1)c1cc(Cn2ccc(=O)n(Cc3ccccc3)c2=O)on1. The molecule has 2 heterocycles. The summed E-state index contributed by atoms with van der Waals surface area (Å²) in [6, 6.07) is 21.5. The fraction of sp³-hybridized carbons (Fsp3) is 0.286. The summed E-state index contributed by atoms with van der Waals surface area (Å²) in [7, 11) is 0. The van der Waals surface area contributed by atoms with Crippen molar-refractivity contribution in [2.24, 2.45) is 0 Å². The van der Waals surface area contributed by atoms with Crippen LogP contribution in [0.25, 0.3) is 0 Å². The third-order valence-corrected chi connectivity index (χ3v) is 5.56. The van der Waals surface area contributed by atoms with Gasteiger partial charge in [-0.25, -0.2) is 9.59 Å². The Bertz CT molecular complexity index is 1450. The van der Waals surface area contributed by atoms with Gasteiger partial charge in [0.2, 0.25) is 0 Å². The fourth-order valence-corrected chi connectivity index (χ4v) is 3.85. The molecule has 1 N–H and O–H groups in total. The van der Waals surface area contributed by atoms with Crippen LogP contribution in [0.3, 0.4) is 0 Å². The second kappa shape index (κ2) is 11.1. The molecule has 37 heavy (non-hydrogen) atoms. The molecular formula is C28H30N4O5. The Kier molecular flexibility index (Phi) is 7.71. The molecule has 0 bridgehead atoms. The van der Waals surface area contributed by atoms with Gasteiger partial charge in [0.05, 0.1) is 19.1 Å². The first-order chi connectivity index (χ1) is 17.7. The smallest absolute Gasteiger partial charge is 0.408 e. The minimum Gasteiger partial charge on any atom is -0.444 e. The van der Waals surface area contributed by atoms with Crippen molar-refractivity contribution in [3.05, 3.63) is 122 Å². The Morgan fingerprint density at radius 3 is 2.27 bits per heavy atom. The van der Waals surface area contributed by atoms with E-state index < -0.39 is 23.4 Å². The van der Waals surface area contributed by atoms with Crippen LogP contribution in [0.2, 0.25) is 0 Å². The van der Waals surface area contributed by atoms with Gasteiger partial charge in [-0.15, -0.1) is 0 Å². The number of rotatable bonds is 8. The monoisotopic (exact) mass is 502 g/mol. The maximum atomic E-state index is 13.0. The van der Waals surface area contributed by atoms with Gasteiger partial charge >= 0.3 is 11.8 Å². The Labute approximate surface area is 214 Å². The molecule has 2 aromatic heterocycles. The predicted molar refractivity (Wildman–Crippen MR) is 138 cm³/mol. The number of aromatic nitrogens is 3. The maximum absolute atomic E-state index is 13.0. The molecule has 4 rings (SSSR count). The van der Waals surface area contributed by atoms with Gasteiger partial charge in [0, 0.05) is 18.3 Å². The highest BCUT2D eigenvalue weighted by Crippen LogP contribution is 2.20. The molecular weight excluding hydrogens is 472 g/mol. The van der Waals surface area contributed by atoms with Gasteiger partial charge in [-0.3, -0.25) is 13.9 Å². The summed E-state index contributed by atoms with van der Waals surface area (Å²) >= 11 is 0. The molecule has 0 saturated heterocycles. The van der Waals surface area contributed by atoms with E-state index in [-0.39, 0.29) is 18.6 Å². The minimum absolute atomic E-state index is 0.0748. The van der Waals surface area contributed by atoms with Crippen LogP contribution in [0, 0.1) is 0 Å². The van der Waals surface area contributed by atoms with Crippen molar-refractivity contribution in [1.29, 1.82) is 0 Å². The second-order valence-corrected chi connectivity index (χ2v) is 9.74. The van der Waals surface area contributed by atoms with Crippen LogP contribution < -0.4 is 16.6 Å². The first kappa shape index (κ1) is 25.7. The van der Waals surface area contributed by atoms with Gasteiger partial charge in [-0.1, -0.05) is 65.8 Å². The third kappa shape index (κ3) is 7.07. The van der Waals surface area contributed by atoms with Gasteiger partial charge in [0.25, 0.3) is 5.56 Å². The summed E-state index contributed by atoms with van der Waals surface area (Å²) in [5.74, 6) is 0.408. The van der Waals surface area contributed by atoms with E-state index in [1.54, 1.807) is 26.8 Å². The van der Waals surface area contributed by atoms with E-state index in [1.807, 2.05) is 60.7 Å². The highest BCUT2D eigenvalue weighted by molar-refractivity contribution is 5.68. The van der Waals surface area contributed by atoms with Crippen molar-refractivity contribution in [3.63, 3.8) is 0 Å². The second-order valence-electron chi connectivity index (χ2n) is 9.74. The topological polar surface area (TPSA) is 108 Å². The molecule has 1 atom stereocenters. The number of carbonyl (C=O) groups excluding carboxylic acids is 1. The van der Waals surface area contributed by atoms with Gasteiger partial charge < -0.3 is 14.6 Å². The molecule has 0 aliphatic carbocycles. The number of hydrogen-bond donors (Lipinski definition) is 1. The van der Waals surface area contributed by atoms with Gasteiger partial charge in [-0.05, 0) is 38.3 Å². The lowest BCUT2D eigenvalue weighted by Gasteiger charge is -2.22. The van der Waals surface area contributed by atoms with Crippen LogP contribution in [0.5, 0.6) is 0 Å². The Hall–Kier alpha value is -4.40. The molecule has 1 amide bonds. The zero-order valence-corrected chi connectivity index (χ0v) is 21.1. The minimum atomic E-state index is -0.652. The first-order valence-corrected chi connectivity index (χ1v) is 12.0. The summed E-state index contributed by atoms with van der Waals surface area (Å²) in [6.45, 7) is 5.62. The summed E-state index contributed by atoms with van der Waals surface area (Å²) < 4.78 is 13.5. The van der Waals surface area contributed by atoms with E-state index in [0.717, 1.165) is 11.1 Å². The molecule has 0 aliphatic heterocycles. The fourth-order valence-electron chi connectivity index (χ4n) is 3.85. The van der Waals surface area contributed by atoms with Crippen LogP contribution >= 0.6 is 0 Å². The average Bonchev–Trinajstić information content (AvgIpc) is 3.32. The Balaban J connectivity index is 1.56. The van der Waals surface area contributed by atoms with Crippen molar-refractivity contribution in [1.82, 2.24) is 19.6 Å². The lowest BCUT2D eigenvalue weighted by atomic mass is 10.0. The number of nitrogens with zero attached hydrogens (tertiary/aromatic N) is 3. The molecule has 2 aromatic carbocycles. The van der Waals surface area contributed by atoms with Gasteiger partial charge in [0.15, 0.2) is 5.76 Å². The number of hydrogen-bond acceptors (Lipinski definition) is 6. The maximum Gasteiger partial charge on any atom is 0.408 e. The zero-order chi connectivity index (χ0) is 26.4. The molecule has 0 aliphatic rings. The van der Waals surface area contributed by atoms with E-state index in [9.17, 15) is 14.4 Å². The van der Waals surface area contributed by atoms with E-state index >= 15 is 0 Å². The summed E-state index contributed by atoms with van der Waals surface area (Å²) in [4.78, 5) is 38.0. The van der Waals surface area contributed by atoms with Crippen molar-refractivity contribution in [2.45, 2.75) is 51.9 Å². The molecule has 9 nitrogen and oxygen atoms in total. The highest BCUT2D eigenvalue weighted by atomic mass is 16.6. The molecule has 0 spiro atoms. The molecule has 9 heteroatoms. The average molecular weight is 503 g/mol. The van der Waals surface area contributed by atoms with Crippen LogP contribution in [-0.4, -0.2) is 26.0 Å². The quantitative estimate of drug-likeness (QED) is 0.391. The number of carbonyl (C=O) groups is 1. The van der Waals surface area contributed by atoms with Crippen molar-refractivity contribution >= 4 is 6.09 Å². The van der Waals surface area contributed by atoms with E-state index in [4.69, 9.17) is 9.26 Å². The highest BCUT2D eigenvalue weighted by Gasteiger charge is 2.23. The van der Waals surface area contributed by atoms with E-state index in [0.29, 0.717) is 17.9 Å². The molecule has 0 radical (unpaired) electrons. The molecule has 4 aromatic rings. The first-order valence-electron chi connectivity index (χ1n) is 12.0. The molecule has 0 saturated carbocycles. The van der Waals surface area contributed by atoms with E-state index in [1.165, 1.54) is 21.4 Å². The van der Waals surface area contributed by atoms with Gasteiger partial charge in [0.1, 0.15) is 11.3 Å². The van der Waals surface area contributed by atoms with Crippen LogP contribution in [0.15, 0.2) is 93.1 Å². The zero-order valence-electron chi connectivity index (χ0n) is 21.1. The van der Waals surface area contributed by atoms with Gasteiger partial charge in [-0.2, -0.15) is 0 Å². The number of nitrogens with one attached hydrogen (secondary N) is 1. The molecule has 192 valence electrons.